The van der Waals surface area contributed by atoms with Crippen molar-refractivity contribution in [3.63, 3.8) is 0 Å². The highest BCUT2D eigenvalue weighted by Gasteiger charge is 2.12. The van der Waals surface area contributed by atoms with Crippen LogP contribution in [0.15, 0.2) is 71.9 Å². The van der Waals surface area contributed by atoms with Crippen molar-refractivity contribution in [3.05, 3.63) is 72.6 Å². The summed E-state index contributed by atoms with van der Waals surface area (Å²) < 4.78 is 23.2. The zero-order valence-corrected chi connectivity index (χ0v) is 14.2. The third-order valence-electron chi connectivity index (χ3n) is 3.47. The van der Waals surface area contributed by atoms with E-state index in [1.165, 1.54) is 30.6 Å². The largest absolute Gasteiger partial charge is 0.319 e. The first kappa shape index (κ1) is 16.8. The molecule has 0 saturated carbocycles. The van der Waals surface area contributed by atoms with Crippen LogP contribution in [-0.4, -0.2) is 30.5 Å². The number of hydrogen-bond donors (Lipinski definition) is 1. The maximum Gasteiger partial charge on any atom is 0.255 e. The van der Waals surface area contributed by atoms with Gasteiger partial charge in [-0.3, -0.25) is 4.79 Å². The van der Waals surface area contributed by atoms with Crippen molar-refractivity contribution in [3.8, 4) is 11.4 Å². The van der Waals surface area contributed by atoms with E-state index in [4.69, 9.17) is 0 Å². The van der Waals surface area contributed by atoms with Crippen molar-refractivity contribution in [2.45, 2.75) is 4.90 Å². The van der Waals surface area contributed by atoms with Crippen LogP contribution in [0.2, 0.25) is 0 Å². The minimum atomic E-state index is -3.37. The number of sulfone groups is 1. The molecule has 1 aromatic heterocycles. The summed E-state index contributed by atoms with van der Waals surface area (Å²) in [7, 11) is -3.37. The Morgan fingerprint density at radius 1 is 0.960 bits per heavy atom. The summed E-state index contributed by atoms with van der Waals surface area (Å²) in [4.78, 5) is 20.8. The molecule has 0 aliphatic carbocycles. The standard InChI is InChI=1S/C18H15N3O3S/c1-25(23,24)16-9-5-8-14(10-16)18(22)21-15-11-19-17(20-12-15)13-6-3-2-4-7-13/h2-12H,1H3,(H,21,22). The molecule has 126 valence electrons. The number of nitrogens with zero attached hydrogens (tertiary/aromatic N) is 2. The highest BCUT2D eigenvalue weighted by molar-refractivity contribution is 7.90. The van der Waals surface area contributed by atoms with Gasteiger partial charge in [-0.2, -0.15) is 0 Å². The zero-order valence-electron chi connectivity index (χ0n) is 13.4. The summed E-state index contributed by atoms with van der Waals surface area (Å²) in [5.74, 6) is 0.124. The van der Waals surface area contributed by atoms with E-state index in [1.807, 2.05) is 30.3 Å². The first-order valence-electron chi connectivity index (χ1n) is 7.42. The van der Waals surface area contributed by atoms with Crippen LogP contribution in [0.3, 0.4) is 0 Å². The molecule has 0 aliphatic rings. The van der Waals surface area contributed by atoms with Gasteiger partial charge < -0.3 is 5.32 Å². The normalized spacial score (nSPS) is 11.1. The van der Waals surface area contributed by atoms with Gasteiger partial charge in [-0.25, -0.2) is 18.4 Å². The highest BCUT2D eigenvalue weighted by atomic mass is 32.2. The first-order valence-corrected chi connectivity index (χ1v) is 9.31. The summed E-state index contributed by atoms with van der Waals surface area (Å²) >= 11 is 0. The SMILES string of the molecule is CS(=O)(=O)c1cccc(C(=O)Nc2cnc(-c3ccccc3)nc2)c1. The monoisotopic (exact) mass is 353 g/mol. The third-order valence-corrected chi connectivity index (χ3v) is 4.58. The van der Waals surface area contributed by atoms with Crippen LogP contribution in [0, 0.1) is 0 Å². The number of carbonyl (C=O) groups is 1. The second kappa shape index (κ2) is 6.82. The molecule has 0 aliphatic heterocycles. The van der Waals surface area contributed by atoms with Crippen molar-refractivity contribution in [2.24, 2.45) is 0 Å². The van der Waals surface area contributed by atoms with Gasteiger partial charge in [0.05, 0.1) is 23.0 Å². The van der Waals surface area contributed by atoms with E-state index in [0.717, 1.165) is 11.8 Å². The molecular formula is C18H15N3O3S. The zero-order chi connectivity index (χ0) is 17.9. The maximum absolute atomic E-state index is 12.3. The van der Waals surface area contributed by atoms with Crippen molar-refractivity contribution < 1.29 is 13.2 Å². The number of benzene rings is 2. The molecule has 0 fully saturated rings. The summed E-state index contributed by atoms with van der Waals surface area (Å²) in [6.07, 6.45) is 4.11. The lowest BCUT2D eigenvalue weighted by Crippen LogP contribution is -2.13. The van der Waals surface area contributed by atoms with E-state index >= 15 is 0 Å². The fraction of sp³-hybridized carbons (Fsp3) is 0.0556. The number of nitrogens with one attached hydrogen (secondary N) is 1. The van der Waals surface area contributed by atoms with E-state index in [0.29, 0.717) is 11.5 Å². The van der Waals surface area contributed by atoms with Gasteiger partial charge in [0.25, 0.3) is 5.91 Å². The van der Waals surface area contributed by atoms with Gasteiger partial charge >= 0.3 is 0 Å². The van der Waals surface area contributed by atoms with E-state index in [9.17, 15) is 13.2 Å². The van der Waals surface area contributed by atoms with Gasteiger partial charge in [-0.15, -0.1) is 0 Å². The molecule has 2 aromatic carbocycles. The molecule has 0 radical (unpaired) electrons. The number of hydrogen-bond acceptors (Lipinski definition) is 5. The molecular weight excluding hydrogens is 338 g/mol. The quantitative estimate of drug-likeness (QED) is 0.779. The van der Waals surface area contributed by atoms with Gasteiger partial charge in [0.2, 0.25) is 0 Å². The molecule has 3 rings (SSSR count). The molecule has 1 amide bonds. The van der Waals surface area contributed by atoms with Crippen LogP contribution in [0.5, 0.6) is 0 Å². The topological polar surface area (TPSA) is 89.0 Å². The van der Waals surface area contributed by atoms with Crippen LogP contribution in [0.1, 0.15) is 10.4 Å². The molecule has 1 N–H and O–H groups in total. The van der Waals surface area contributed by atoms with Crippen LogP contribution < -0.4 is 5.32 Å². The molecule has 0 bridgehead atoms. The Labute approximate surface area is 145 Å². The Hall–Kier alpha value is -3.06. The fourth-order valence-corrected chi connectivity index (χ4v) is 2.87. The molecule has 0 saturated heterocycles. The van der Waals surface area contributed by atoms with Gasteiger partial charge in [0.1, 0.15) is 0 Å². The van der Waals surface area contributed by atoms with Crippen LogP contribution in [0.4, 0.5) is 5.69 Å². The van der Waals surface area contributed by atoms with Crippen LogP contribution >= 0.6 is 0 Å². The van der Waals surface area contributed by atoms with Crippen LogP contribution in [0.25, 0.3) is 11.4 Å². The Kier molecular flexibility index (Phi) is 4.58. The second-order valence-electron chi connectivity index (χ2n) is 5.42. The lowest BCUT2D eigenvalue weighted by atomic mass is 10.2. The highest BCUT2D eigenvalue weighted by Crippen LogP contribution is 2.16. The third kappa shape index (κ3) is 4.07. The average Bonchev–Trinajstić information content (AvgIpc) is 2.62. The second-order valence-corrected chi connectivity index (χ2v) is 7.43. The predicted octanol–water partition coefficient (Wildman–Crippen LogP) is 2.80. The van der Waals surface area contributed by atoms with Crippen molar-refractivity contribution in [2.75, 3.05) is 11.6 Å². The number of rotatable bonds is 4. The minimum Gasteiger partial charge on any atom is -0.319 e. The molecule has 25 heavy (non-hydrogen) atoms. The molecule has 0 unspecified atom stereocenters. The van der Waals surface area contributed by atoms with Gasteiger partial charge in [0, 0.05) is 17.4 Å². The summed E-state index contributed by atoms with van der Waals surface area (Å²) in [5.41, 5.74) is 1.55. The first-order chi connectivity index (χ1) is 11.9. The molecule has 6 nitrogen and oxygen atoms in total. The molecule has 3 aromatic rings. The van der Waals surface area contributed by atoms with Crippen molar-refractivity contribution >= 4 is 21.4 Å². The van der Waals surface area contributed by atoms with Crippen LogP contribution in [-0.2, 0) is 9.84 Å². The molecule has 7 heteroatoms. The Bertz CT molecular complexity index is 1000. The van der Waals surface area contributed by atoms with E-state index in [1.54, 1.807) is 6.07 Å². The number of aromatic nitrogens is 2. The van der Waals surface area contributed by atoms with Gasteiger partial charge in [0.15, 0.2) is 15.7 Å². The summed E-state index contributed by atoms with van der Waals surface area (Å²) in [5, 5.41) is 2.66. The smallest absolute Gasteiger partial charge is 0.255 e. The van der Waals surface area contributed by atoms with E-state index in [-0.39, 0.29) is 10.5 Å². The Morgan fingerprint density at radius 2 is 1.64 bits per heavy atom. The minimum absolute atomic E-state index is 0.0934. The lowest BCUT2D eigenvalue weighted by Gasteiger charge is -2.07. The molecule has 1 heterocycles. The van der Waals surface area contributed by atoms with Crippen molar-refractivity contribution in [1.82, 2.24) is 9.97 Å². The number of amides is 1. The Morgan fingerprint density at radius 3 is 2.28 bits per heavy atom. The summed E-state index contributed by atoms with van der Waals surface area (Å²) in [6, 6.07) is 15.3. The fourth-order valence-electron chi connectivity index (χ4n) is 2.20. The van der Waals surface area contributed by atoms with E-state index in [2.05, 4.69) is 15.3 Å². The van der Waals surface area contributed by atoms with Gasteiger partial charge in [-0.05, 0) is 18.2 Å². The van der Waals surface area contributed by atoms with Gasteiger partial charge in [-0.1, -0.05) is 36.4 Å². The predicted molar refractivity (Wildman–Crippen MR) is 95.0 cm³/mol. The Balaban J connectivity index is 1.78. The molecule has 0 atom stereocenters. The lowest BCUT2D eigenvalue weighted by molar-refractivity contribution is 0.102. The van der Waals surface area contributed by atoms with E-state index < -0.39 is 15.7 Å². The number of carbonyl (C=O) groups excluding carboxylic acids is 1. The number of anilines is 1. The van der Waals surface area contributed by atoms with Crippen molar-refractivity contribution in [1.29, 1.82) is 0 Å². The maximum atomic E-state index is 12.3. The summed E-state index contributed by atoms with van der Waals surface area (Å²) in [6.45, 7) is 0. The molecule has 0 spiro atoms. The average molecular weight is 353 g/mol.